The normalized spacial score (nSPS) is 27.9. The number of unbranched alkanes of at least 4 members (excludes halogenated alkanes) is 1. The summed E-state index contributed by atoms with van der Waals surface area (Å²) in [4.78, 5) is 0. The third-order valence-corrected chi connectivity index (χ3v) is 2.19. The van der Waals surface area contributed by atoms with Crippen LogP contribution in [0.1, 0.15) is 19.8 Å². The molecule has 2 atom stereocenters. The molecule has 14 heavy (non-hydrogen) atoms. The highest BCUT2D eigenvalue weighted by atomic mass is 16.6. The fourth-order valence-electron chi connectivity index (χ4n) is 1.25. The molecule has 0 aromatic carbocycles. The van der Waals surface area contributed by atoms with Crippen LogP contribution in [0.4, 0.5) is 0 Å². The number of aliphatic hydroxyl groups is 1. The smallest absolute Gasteiger partial charge is 0.104 e. The Morgan fingerprint density at radius 2 is 2.00 bits per heavy atom. The molecule has 0 aliphatic carbocycles. The van der Waals surface area contributed by atoms with Crippen molar-refractivity contribution in [2.24, 2.45) is 0 Å². The number of hydrogen-bond acceptors (Lipinski definition) is 4. The first-order chi connectivity index (χ1) is 6.86. The average molecular weight is 204 g/mol. The summed E-state index contributed by atoms with van der Waals surface area (Å²) in [5.74, 6) is 0. The number of hydrogen-bond donors (Lipinski definition) is 1. The van der Waals surface area contributed by atoms with Crippen LogP contribution in [0.3, 0.4) is 0 Å². The van der Waals surface area contributed by atoms with Gasteiger partial charge in [0, 0.05) is 6.61 Å². The molecule has 2 unspecified atom stereocenters. The van der Waals surface area contributed by atoms with E-state index in [-0.39, 0.29) is 18.8 Å². The van der Waals surface area contributed by atoms with E-state index in [0.29, 0.717) is 19.8 Å². The van der Waals surface area contributed by atoms with E-state index in [9.17, 15) is 0 Å². The van der Waals surface area contributed by atoms with Crippen molar-refractivity contribution in [2.75, 3.05) is 33.0 Å². The van der Waals surface area contributed by atoms with Gasteiger partial charge >= 0.3 is 0 Å². The zero-order chi connectivity index (χ0) is 10.2. The summed E-state index contributed by atoms with van der Waals surface area (Å²) < 4.78 is 16.2. The topological polar surface area (TPSA) is 47.9 Å². The van der Waals surface area contributed by atoms with E-state index in [0.717, 1.165) is 19.4 Å². The maximum absolute atomic E-state index is 8.79. The molecular formula is C10H20O4. The Morgan fingerprint density at radius 3 is 2.57 bits per heavy atom. The second kappa shape index (κ2) is 7.17. The van der Waals surface area contributed by atoms with E-state index in [2.05, 4.69) is 6.92 Å². The van der Waals surface area contributed by atoms with E-state index in [1.807, 2.05) is 0 Å². The van der Waals surface area contributed by atoms with Crippen molar-refractivity contribution in [2.45, 2.75) is 32.0 Å². The highest BCUT2D eigenvalue weighted by Crippen LogP contribution is 2.07. The molecule has 1 rings (SSSR count). The monoisotopic (exact) mass is 204 g/mol. The summed E-state index contributed by atoms with van der Waals surface area (Å²) >= 11 is 0. The van der Waals surface area contributed by atoms with Crippen molar-refractivity contribution >= 4 is 0 Å². The first-order valence-corrected chi connectivity index (χ1v) is 5.28. The Morgan fingerprint density at radius 1 is 1.29 bits per heavy atom. The first kappa shape index (κ1) is 11.9. The highest BCUT2D eigenvalue weighted by molar-refractivity contribution is 4.66. The Hall–Kier alpha value is -0.160. The molecule has 1 heterocycles. The quantitative estimate of drug-likeness (QED) is 0.643. The van der Waals surface area contributed by atoms with Gasteiger partial charge in [-0.3, -0.25) is 0 Å². The van der Waals surface area contributed by atoms with E-state index in [1.165, 1.54) is 0 Å². The number of rotatable bonds is 6. The molecule has 1 N–H and O–H groups in total. The minimum Gasteiger partial charge on any atom is -0.394 e. The summed E-state index contributed by atoms with van der Waals surface area (Å²) in [6, 6.07) is 0. The summed E-state index contributed by atoms with van der Waals surface area (Å²) in [6.45, 7) is 4.55. The van der Waals surface area contributed by atoms with Gasteiger partial charge in [-0.05, 0) is 6.42 Å². The second-order valence-corrected chi connectivity index (χ2v) is 3.52. The first-order valence-electron chi connectivity index (χ1n) is 5.28. The van der Waals surface area contributed by atoms with Crippen LogP contribution < -0.4 is 0 Å². The molecule has 0 bridgehead atoms. The molecule has 4 heteroatoms. The lowest BCUT2D eigenvalue weighted by Gasteiger charge is -2.28. The molecule has 1 saturated heterocycles. The Labute approximate surface area is 85.2 Å². The van der Waals surface area contributed by atoms with E-state index >= 15 is 0 Å². The Bertz CT molecular complexity index is 132. The van der Waals surface area contributed by atoms with Crippen LogP contribution in [-0.4, -0.2) is 50.3 Å². The molecule has 0 aromatic heterocycles. The molecule has 84 valence electrons. The molecule has 0 spiro atoms. The van der Waals surface area contributed by atoms with Crippen LogP contribution in [0.15, 0.2) is 0 Å². The summed E-state index contributed by atoms with van der Waals surface area (Å²) in [6.07, 6.45) is 2.12. The van der Waals surface area contributed by atoms with Crippen LogP contribution in [0.5, 0.6) is 0 Å². The minimum absolute atomic E-state index is 0.0312. The van der Waals surface area contributed by atoms with E-state index in [1.54, 1.807) is 0 Å². The Balaban J connectivity index is 1.98. The third kappa shape index (κ3) is 4.37. The summed E-state index contributed by atoms with van der Waals surface area (Å²) in [5, 5.41) is 8.79. The Kier molecular flexibility index (Phi) is 6.10. The van der Waals surface area contributed by atoms with Gasteiger partial charge in [-0.1, -0.05) is 13.3 Å². The standard InChI is InChI=1S/C10H20O4/c1-2-3-4-12-6-10-8-13-9(5-11)7-14-10/h9-11H,2-8H2,1H3. The molecule has 1 fully saturated rings. The van der Waals surface area contributed by atoms with Gasteiger partial charge in [0.25, 0.3) is 0 Å². The van der Waals surface area contributed by atoms with Crippen LogP contribution in [0, 0.1) is 0 Å². The predicted molar refractivity (Wildman–Crippen MR) is 52.3 cm³/mol. The van der Waals surface area contributed by atoms with Crippen LogP contribution in [-0.2, 0) is 14.2 Å². The van der Waals surface area contributed by atoms with Gasteiger partial charge in [0.2, 0.25) is 0 Å². The SMILES string of the molecule is CCCCOCC1COC(CO)CO1. The molecule has 0 aromatic rings. The van der Waals surface area contributed by atoms with Gasteiger partial charge in [-0.2, -0.15) is 0 Å². The maximum atomic E-state index is 8.79. The van der Waals surface area contributed by atoms with Crippen molar-refractivity contribution in [1.82, 2.24) is 0 Å². The van der Waals surface area contributed by atoms with Crippen molar-refractivity contribution < 1.29 is 19.3 Å². The van der Waals surface area contributed by atoms with Crippen LogP contribution in [0.2, 0.25) is 0 Å². The second-order valence-electron chi connectivity index (χ2n) is 3.52. The van der Waals surface area contributed by atoms with E-state index < -0.39 is 0 Å². The molecule has 0 saturated carbocycles. The van der Waals surface area contributed by atoms with Gasteiger partial charge in [0.1, 0.15) is 12.2 Å². The fourth-order valence-corrected chi connectivity index (χ4v) is 1.25. The van der Waals surface area contributed by atoms with Crippen molar-refractivity contribution in [3.8, 4) is 0 Å². The van der Waals surface area contributed by atoms with Crippen molar-refractivity contribution in [3.05, 3.63) is 0 Å². The third-order valence-electron chi connectivity index (χ3n) is 2.19. The summed E-state index contributed by atoms with van der Waals surface area (Å²) in [5.41, 5.74) is 0. The van der Waals surface area contributed by atoms with Gasteiger partial charge in [-0.25, -0.2) is 0 Å². The van der Waals surface area contributed by atoms with Crippen molar-refractivity contribution in [3.63, 3.8) is 0 Å². The van der Waals surface area contributed by atoms with E-state index in [4.69, 9.17) is 19.3 Å². The molecule has 0 amide bonds. The van der Waals surface area contributed by atoms with Gasteiger partial charge < -0.3 is 19.3 Å². The van der Waals surface area contributed by atoms with Crippen LogP contribution >= 0.6 is 0 Å². The molecule has 1 aliphatic heterocycles. The molecule has 0 radical (unpaired) electrons. The minimum atomic E-state index is -0.151. The molecule has 1 aliphatic rings. The lowest BCUT2D eigenvalue weighted by atomic mass is 10.3. The zero-order valence-electron chi connectivity index (χ0n) is 8.78. The lowest BCUT2D eigenvalue weighted by Crippen LogP contribution is -2.39. The fraction of sp³-hybridized carbons (Fsp3) is 1.00. The lowest BCUT2D eigenvalue weighted by molar-refractivity contribution is -0.161. The maximum Gasteiger partial charge on any atom is 0.104 e. The highest BCUT2D eigenvalue weighted by Gasteiger charge is 2.21. The van der Waals surface area contributed by atoms with Crippen molar-refractivity contribution in [1.29, 1.82) is 0 Å². The number of ether oxygens (including phenoxy) is 3. The largest absolute Gasteiger partial charge is 0.394 e. The van der Waals surface area contributed by atoms with Gasteiger partial charge in [0.15, 0.2) is 0 Å². The average Bonchev–Trinajstić information content (AvgIpc) is 2.25. The molecule has 4 nitrogen and oxygen atoms in total. The zero-order valence-corrected chi connectivity index (χ0v) is 8.78. The molecular weight excluding hydrogens is 184 g/mol. The predicted octanol–water partition coefficient (Wildman–Crippen LogP) is 0.579. The van der Waals surface area contributed by atoms with Gasteiger partial charge in [0.05, 0.1) is 26.4 Å². The summed E-state index contributed by atoms with van der Waals surface area (Å²) in [7, 11) is 0. The van der Waals surface area contributed by atoms with Crippen LogP contribution in [0.25, 0.3) is 0 Å². The number of aliphatic hydroxyl groups excluding tert-OH is 1. The van der Waals surface area contributed by atoms with Gasteiger partial charge in [-0.15, -0.1) is 0 Å².